The molecule has 1 heterocycles. The van der Waals surface area contributed by atoms with E-state index in [1.807, 2.05) is 0 Å². The molecule has 0 aliphatic heterocycles. The van der Waals surface area contributed by atoms with Crippen molar-refractivity contribution in [2.45, 2.75) is 6.92 Å². The molecule has 0 radical (unpaired) electrons. The molecule has 0 saturated carbocycles. The third kappa shape index (κ3) is 3.23. The molecule has 8 heteroatoms. The van der Waals surface area contributed by atoms with Crippen LogP contribution in [0.3, 0.4) is 0 Å². The average molecular weight is 391 g/mol. The van der Waals surface area contributed by atoms with E-state index in [0.717, 1.165) is 13.2 Å². The summed E-state index contributed by atoms with van der Waals surface area (Å²) >= 11 is 6.01. The molecule has 0 saturated heterocycles. The van der Waals surface area contributed by atoms with Crippen LogP contribution in [0.15, 0.2) is 48.5 Å². The van der Waals surface area contributed by atoms with E-state index in [2.05, 4.69) is 4.98 Å². The Morgan fingerprint density at radius 1 is 1.08 bits per heavy atom. The van der Waals surface area contributed by atoms with Crippen LogP contribution in [-0.4, -0.2) is 31.3 Å². The molecule has 134 valence electrons. The fourth-order valence-electron chi connectivity index (χ4n) is 2.82. The van der Waals surface area contributed by atoms with Crippen LogP contribution in [0.1, 0.15) is 23.0 Å². The van der Waals surface area contributed by atoms with Crippen molar-refractivity contribution >= 4 is 49.9 Å². The molecule has 2 aromatic carbocycles. The van der Waals surface area contributed by atoms with Crippen LogP contribution in [-0.2, 0) is 14.8 Å². The Labute approximate surface area is 155 Å². The van der Waals surface area contributed by atoms with Crippen LogP contribution in [0, 0.1) is 0 Å². The minimum Gasteiger partial charge on any atom is -0.350 e. The van der Waals surface area contributed by atoms with Gasteiger partial charge in [0, 0.05) is 28.4 Å². The number of sulfonamides is 1. The largest absolute Gasteiger partial charge is 0.350 e. The second-order valence-corrected chi connectivity index (χ2v) is 8.05. The molecule has 0 aliphatic rings. The molecule has 0 bridgehead atoms. The lowest BCUT2D eigenvalue weighted by molar-refractivity contribution is -0.115. The molecule has 1 N–H and O–H groups in total. The maximum absolute atomic E-state index is 13.0. The van der Waals surface area contributed by atoms with Gasteiger partial charge < -0.3 is 4.98 Å². The fraction of sp³-hybridized carbons (Fsp3) is 0.111. The number of aromatic amines is 1. The quantitative estimate of drug-likeness (QED) is 0.692. The number of carbonyl (C=O) groups is 2. The van der Waals surface area contributed by atoms with Gasteiger partial charge in [-0.05, 0) is 18.2 Å². The summed E-state index contributed by atoms with van der Waals surface area (Å²) in [5.74, 6) is -1.15. The predicted octanol–water partition coefficient (Wildman–Crippen LogP) is 3.36. The van der Waals surface area contributed by atoms with Gasteiger partial charge in [-0.2, -0.15) is 0 Å². The zero-order valence-electron chi connectivity index (χ0n) is 14.0. The highest BCUT2D eigenvalue weighted by Gasteiger charge is 2.31. The van der Waals surface area contributed by atoms with Crippen molar-refractivity contribution in [1.29, 1.82) is 0 Å². The van der Waals surface area contributed by atoms with E-state index in [0.29, 0.717) is 25.8 Å². The van der Waals surface area contributed by atoms with Gasteiger partial charge in [0.15, 0.2) is 0 Å². The minimum atomic E-state index is -3.95. The third-order valence-corrected chi connectivity index (χ3v) is 5.16. The number of anilines is 1. The maximum Gasteiger partial charge on any atom is 0.238 e. The number of hydrogen-bond acceptors (Lipinski definition) is 4. The maximum atomic E-state index is 13.0. The Kier molecular flexibility index (Phi) is 4.60. The molecule has 3 aromatic rings. The zero-order chi connectivity index (χ0) is 19.1. The van der Waals surface area contributed by atoms with Gasteiger partial charge in [0.1, 0.15) is 5.69 Å². The van der Waals surface area contributed by atoms with E-state index in [-0.39, 0.29) is 11.4 Å². The summed E-state index contributed by atoms with van der Waals surface area (Å²) < 4.78 is 25.1. The Bertz CT molecular complexity index is 1120. The highest BCUT2D eigenvalue weighted by Crippen LogP contribution is 2.35. The Hall–Kier alpha value is -2.64. The Balaban J connectivity index is 2.36. The molecule has 3 rings (SSSR count). The van der Waals surface area contributed by atoms with Gasteiger partial charge in [0.05, 0.1) is 11.9 Å². The number of ketones is 1. The molecule has 0 aliphatic carbocycles. The molecule has 0 atom stereocenters. The van der Waals surface area contributed by atoms with Crippen molar-refractivity contribution in [3.05, 3.63) is 64.8 Å². The van der Waals surface area contributed by atoms with E-state index in [1.165, 1.54) is 0 Å². The Morgan fingerprint density at radius 2 is 1.73 bits per heavy atom. The molecule has 0 fully saturated rings. The van der Waals surface area contributed by atoms with Crippen molar-refractivity contribution in [3.8, 4) is 0 Å². The standard InChI is InChI=1S/C18H15ClN2O4S/c1-11(22)21(26(2,24)25)17-14-9-8-13(19)10-15(14)20-16(17)18(23)12-6-4-3-5-7-12/h3-10,20H,1-2H3. The van der Waals surface area contributed by atoms with Gasteiger partial charge in [0.2, 0.25) is 21.7 Å². The minimum absolute atomic E-state index is 0.000481. The smallest absolute Gasteiger partial charge is 0.238 e. The third-order valence-electron chi connectivity index (χ3n) is 3.82. The average Bonchev–Trinajstić information content (AvgIpc) is 2.91. The number of carbonyl (C=O) groups excluding carboxylic acids is 2. The van der Waals surface area contributed by atoms with Gasteiger partial charge in [-0.15, -0.1) is 0 Å². The number of nitrogens with zero attached hydrogens (tertiary/aromatic N) is 1. The van der Waals surface area contributed by atoms with Crippen LogP contribution in [0.25, 0.3) is 10.9 Å². The topological polar surface area (TPSA) is 87.3 Å². The molecule has 0 spiro atoms. The van der Waals surface area contributed by atoms with E-state index >= 15 is 0 Å². The molecule has 1 amide bonds. The normalized spacial score (nSPS) is 11.5. The summed E-state index contributed by atoms with van der Waals surface area (Å²) in [6, 6.07) is 13.1. The SMILES string of the molecule is CC(=O)N(c1c(C(=O)c2ccccc2)[nH]c2cc(Cl)ccc12)S(C)(=O)=O. The Morgan fingerprint density at radius 3 is 2.31 bits per heavy atom. The number of aromatic nitrogens is 1. The molecule has 1 aromatic heterocycles. The van der Waals surface area contributed by atoms with E-state index in [1.54, 1.807) is 48.5 Å². The summed E-state index contributed by atoms with van der Waals surface area (Å²) in [5.41, 5.74) is 0.833. The van der Waals surface area contributed by atoms with Crippen molar-refractivity contribution < 1.29 is 18.0 Å². The van der Waals surface area contributed by atoms with Crippen LogP contribution in [0.4, 0.5) is 5.69 Å². The first-order chi connectivity index (χ1) is 12.2. The number of fused-ring (bicyclic) bond motifs is 1. The molecule has 6 nitrogen and oxygen atoms in total. The summed E-state index contributed by atoms with van der Waals surface area (Å²) in [6.07, 6.45) is 0.917. The van der Waals surface area contributed by atoms with Crippen molar-refractivity contribution in [2.75, 3.05) is 10.6 Å². The summed E-state index contributed by atoms with van der Waals surface area (Å²) in [4.78, 5) is 28.0. The van der Waals surface area contributed by atoms with E-state index in [4.69, 9.17) is 11.6 Å². The summed E-state index contributed by atoms with van der Waals surface area (Å²) in [6.45, 7) is 1.13. The molecular formula is C18H15ClN2O4S. The molecule has 26 heavy (non-hydrogen) atoms. The second-order valence-electron chi connectivity index (χ2n) is 5.78. The second kappa shape index (κ2) is 6.59. The van der Waals surface area contributed by atoms with E-state index in [9.17, 15) is 18.0 Å². The lowest BCUT2D eigenvalue weighted by Gasteiger charge is -2.19. The highest BCUT2D eigenvalue weighted by atomic mass is 35.5. The van der Waals surface area contributed by atoms with Crippen molar-refractivity contribution in [1.82, 2.24) is 4.98 Å². The van der Waals surface area contributed by atoms with Gasteiger partial charge in [-0.25, -0.2) is 12.7 Å². The first-order valence-electron chi connectivity index (χ1n) is 7.62. The number of H-pyrrole nitrogens is 1. The first-order valence-corrected chi connectivity index (χ1v) is 9.84. The van der Waals surface area contributed by atoms with Gasteiger partial charge in [-0.1, -0.05) is 41.9 Å². The van der Waals surface area contributed by atoms with Crippen molar-refractivity contribution in [3.63, 3.8) is 0 Å². The zero-order valence-corrected chi connectivity index (χ0v) is 15.6. The lowest BCUT2D eigenvalue weighted by atomic mass is 10.1. The predicted molar refractivity (Wildman–Crippen MR) is 101 cm³/mol. The van der Waals surface area contributed by atoms with Crippen molar-refractivity contribution in [2.24, 2.45) is 0 Å². The van der Waals surface area contributed by atoms with Gasteiger partial charge >= 0.3 is 0 Å². The van der Waals surface area contributed by atoms with Crippen LogP contribution < -0.4 is 4.31 Å². The summed E-state index contributed by atoms with van der Waals surface area (Å²) in [7, 11) is -3.95. The number of hydrogen-bond donors (Lipinski definition) is 1. The number of rotatable bonds is 4. The number of nitrogens with one attached hydrogen (secondary N) is 1. The van der Waals surface area contributed by atoms with Crippen LogP contribution >= 0.6 is 11.6 Å². The van der Waals surface area contributed by atoms with Crippen LogP contribution in [0.5, 0.6) is 0 Å². The van der Waals surface area contributed by atoms with Crippen LogP contribution in [0.2, 0.25) is 5.02 Å². The summed E-state index contributed by atoms with van der Waals surface area (Å²) in [5, 5.41) is 0.826. The highest BCUT2D eigenvalue weighted by molar-refractivity contribution is 7.92. The van der Waals surface area contributed by atoms with Gasteiger partial charge in [-0.3, -0.25) is 9.59 Å². The molecule has 0 unspecified atom stereocenters. The number of halogens is 1. The monoisotopic (exact) mass is 390 g/mol. The number of benzene rings is 2. The number of amides is 1. The fourth-order valence-corrected chi connectivity index (χ4v) is 3.98. The van der Waals surface area contributed by atoms with E-state index < -0.39 is 21.7 Å². The van der Waals surface area contributed by atoms with Gasteiger partial charge in [0.25, 0.3) is 0 Å². The lowest BCUT2D eigenvalue weighted by Crippen LogP contribution is -2.35. The molecular weight excluding hydrogens is 376 g/mol. The first kappa shape index (κ1) is 18.2.